The lowest BCUT2D eigenvalue weighted by molar-refractivity contribution is 0.323. The Morgan fingerprint density at radius 2 is 2.00 bits per heavy atom. The zero-order chi connectivity index (χ0) is 12.8. The highest BCUT2D eigenvalue weighted by Gasteiger charge is 2.38. The standard InChI is InChI=1S/C14H24N4/c1-10(2)11-12-16-17-13(18(12)9-8-15-11)14(3)6-4-5-7-14/h10-11,15H,4-9H2,1-3H3. The summed E-state index contributed by atoms with van der Waals surface area (Å²) in [7, 11) is 0. The summed E-state index contributed by atoms with van der Waals surface area (Å²) in [4.78, 5) is 0. The fourth-order valence-corrected chi connectivity index (χ4v) is 3.55. The van der Waals surface area contributed by atoms with Crippen molar-refractivity contribution in [3.8, 4) is 0 Å². The van der Waals surface area contributed by atoms with E-state index in [1.165, 1.54) is 31.5 Å². The van der Waals surface area contributed by atoms with Gasteiger partial charge in [-0.25, -0.2) is 0 Å². The first-order chi connectivity index (χ1) is 8.62. The van der Waals surface area contributed by atoms with E-state index < -0.39 is 0 Å². The molecule has 1 aliphatic heterocycles. The van der Waals surface area contributed by atoms with Gasteiger partial charge in [0.1, 0.15) is 5.82 Å². The summed E-state index contributed by atoms with van der Waals surface area (Å²) in [5.74, 6) is 2.96. The molecule has 4 heteroatoms. The van der Waals surface area contributed by atoms with Crippen molar-refractivity contribution in [1.29, 1.82) is 0 Å². The number of aromatic nitrogens is 3. The predicted octanol–water partition coefficient (Wildman–Crippen LogP) is 2.41. The molecular weight excluding hydrogens is 224 g/mol. The van der Waals surface area contributed by atoms with Crippen molar-refractivity contribution in [1.82, 2.24) is 20.1 Å². The molecule has 4 nitrogen and oxygen atoms in total. The van der Waals surface area contributed by atoms with Gasteiger partial charge in [0.2, 0.25) is 0 Å². The Morgan fingerprint density at radius 3 is 2.67 bits per heavy atom. The number of nitrogens with one attached hydrogen (secondary N) is 1. The van der Waals surface area contributed by atoms with Gasteiger partial charge in [-0.1, -0.05) is 33.6 Å². The largest absolute Gasteiger partial charge is 0.312 e. The summed E-state index contributed by atoms with van der Waals surface area (Å²) in [6, 6.07) is 0.366. The van der Waals surface area contributed by atoms with Crippen molar-refractivity contribution in [3.05, 3.63) is 11.6 Å². The molecule has 1 fully saturated rings. The molecule has 1 saturated carbocycles. The summed E-state index contributed by atoms with van der Waals surface area (Å²) in [6.07, 6.45) is 5.21. The third kappa shape index (κ3) is 1.78. The van der Waals surface area contributed by atoms with E-state index in [9.17, 15) is 0 Å². The molecule has 0 bridgehead atoms. The van der Waals surface area contributed by atoms with Crippen LogP contribution in [0, 0.1) is 5.92 Å². The highest BCUT2D eigenvalue weighted by molar-refractivity contribution is 5.15. The smallest absolute Gasteiger partial charge is 0.150 e. The molecule has 0 spiro atoms. The third-order valence-electron chi connectivity index (χ3n) is 4.67. The van der Waals surface area contributed by atoms with E-state index in [4.69, 9.17) is 0 Å². The molecule has 1 unspecified atom stereocenters. The van der Waals surface area contributed by atoms with Crippen LogP contribution in [0.4, 0.5) is 0 Å². The summed E-state index contributed by atoms with van der Waals surface area (Å²) in [5, 5.41) is 12.6. The van der Waals surface area contributed by atoms with E-state index in [0.717, 1.165) is 18.9 Å². The van der Waals surface area contributed by atoms with Crippen molar-refractivity contribution >= 4 is 0 Å². The molecule has 2 heterocycles. The molecular formula is C14H24N4. The minimum atomic E-state index is 0.268. The second kappa shape index (κ2) is 4.34. The van der Waals surface area contributed by atoms with E-state index in [1.54, 1.807) is 0 Å². The van der Waals surface area contributed by atoms with Crippen molar-refractivity contribution < 1.29 is 0 Å². The Balaban J connectivity index is 1.99. The van der Waals surface area contributed by atoms with Crippen molar-refractivity contribution in [2.75, 3.05) is 6.54 Å². The fourth-order valence-electron chi connectivity index (χ4n) is 3.55. The van der Waals surface area contributed by atoms with Gasteiger partial charge in [-0.05, 0) is 18.8 Å². The molecule has 0 amide bonds. The van der Waals surface area contributed by atoms with E-state index in [1.807, 2.05) is 0 Å². The van der Waals surface area contributed by atoms with Gasteiger partial charge in [0, 0.05) is 18.5 Å². The van der Waals surface area contributed by atoms with Gasteiger partial charge in [0.15, 0.2) is 5.82 Å². The second-order valence-corrected chi connectivity index (χ2v) is 6.48. The molecule has 1 N–H and O–H groups in total. The average Bonchev–Trinajstić information content (AvgIpc) is 2.94. The van der Waals surface area contributed by atoms with Crippen molar-refractivity contribution in [2.45, 2.75) is 64.5 Å². The molecule has 2 aliphatic rings. The molecule has 0 saturated heterocycles. The van der Waals surface area contributed by atoms with Crippen LogP contribution in [0.3, 0.4) is 0 Å². The maximum atomic E-state index is 4.56. The number of fused-ring (bicyclic) bond motifs is 1. The van der Waals surface area contributed by atoms with Gasteiger partial charge in [-0.15, -0.1) is 10.2 Å². The molecule has 3 rings (SSSR count). The normalized spacial score (nSPS) is 26.6. The zero-order valence-corrected chi connectivity index (χ0v) is 11.7. The molecule has 1 atom stereocenters. The molecule has 1 aromatic heterocycles. The van der Waals surface area contributed by atoms with Crippen molar-refractivity contribution in [2.24, 2.45) is 5.92 Å². The van der Waals surface area contributed by atoms with Crippen LogP contribution in [0.2, 0.25) is 0 Å². The Labute approximate surface area is 109 Å². The Morgan fingerprint density at radius 1 is 1.28 bits per heavy atom. The first-order valence-corrected chi connectivity index (χ1v) is 7.29. The second-order valence-electron chi connectivity index (χ2n) is 6.48. The third-order valence-corrected chi connectivity index (χ3v) is 4.67. The van der Waals surface area contributed by atoms with Crippen LogP contribution < -0.4 is 5.32 Å². The first-order valence-electron chi connectivity index (χ1n) is 7.29. The van der Waals surface area contributed by atoms with E-state index >= 15 is 0 Å². The lowest BCUT2D eigenvalue weighted by Gasteiger charge is -2.30. The first kappa shape index (κ1) is 12.2. The van der Waals surface area contributed by atoms with Crippen LogP contribution in [0.5, 0.6) is 0 Å². The van der Waals surface area contributed by atoms with Crippen LogP contribution >= 0.6 is 0 Å². The number of nitrogens with zero attached hydrogens (tertiary/aromatic N) is 3. The van der Waals surface area contributed by atoms with Crippen LogP contribution in [0.1, 0.15) is 64.1 Å². The van der Waals surface area contributed by atoms with Gasteiger partial charge >= 0.3 is 0 Å². The molecule has 0 radical (unpaired) electrons. The monoisotopic (exact) mass is 248 g/mol. The summed E-state index contributed by atoms with van der Waals surface area (Å²) >= 11 is 0. The zero-order valence-electron chi connectivity index (χ0n) is 11.7. The number of hydrogen-bond acceptors (Lipinski definition) is 3. The van der Waals surface area contributed by atoms with E-state index in [-0.39, 0.29) is 5.41 Å². The van der Waals surface area contributed by atoms with Crippen LogP contribution in [-0.2, 0) is 12.0 Å². The lowest BCUT2D eigenvalue weighted by Crippen LogP contribution is -2.38. The number of hydrogen-bond donors (Lipinski definition) is 1. The quantitative estimate of drug-likeness (QED) is 0.874. The van der Waals surface area contributed by atoms with E-state index in [0.29, 0.717) is 12.0 Å². The highest BCUT2D eigenvalue weighted by Crippen LogP contribution is 2.40. The molecule has 18 heavy (non-hydrogen) atoms. The molecule has 0 aromatic carbocycles. The Hall–Kier alpha value is -0.900. The van der Waals surface area contributed by atoms with Gasteiger partial charge in [0.05, 0.1) is 6.04 Å². The van der Waals surface area contributed by atoms with Crippen LogP contribution in [-0.4, -0.2) is 21.3 Å². The van der Waals surface area contributed by atoms with Gasteiger partial charge in [0.25, 0.3) is 0 Å². The maximum Gasteiger partial charge on any atom is 0.150 e. The minimum absolute atomic E-state index is 0.268. The molecule has 1 aromatic rings. The van der Waals surface area contributed by atoms with Gasteiger partial charge in [-0.3, -0.25) is 0 Å². The Bertz CT molecular complexity index is 429. The van der Waals surface area contributed by atoms with Crippen LogP contribution in [0.15, 0.2) is 0 Å². The highest BCUT2D eigenvalue weighted by atomic mass is 15.3. The SMILES string of the molecule is CC(C)C1NCCn2c1nnc2C1(C)CCCC1. The summed E-state index contributed by atoms with van der Waals surface area (Å²) in [5.41, 5.74) is 0.268. The topological polar surface area (TPSA) is 42.7 Å². The lowest BCUT2D eigenvalue weighted by atomic mass is 9.87. The van der Waals surface area contributed by atoms with Gasteiger partial charge < -0.3 is 9.88 Å². The van der Waals surface area contributed by atoms with Crippen LogP contribution in [0.25, 0.3) is 0 Å². The van der Waals surface area contributed by atoms with E-state index in [2.05, 4.69) is 40.9 Å². The average molecular weight is 248 g/mol. The summed E-state index contributed by atoms with van der Waals surface area (Å²) < 4.78 is 2.40. The maximum absolute atomic E-state index is 4.56. The molecule has 100 valence electrons. The Kier molecular flexibility index (Phi) is 2.93. The fraction of sp³-hybridized carbons (Fsp3) is 0.857. The predicted molar refractivity (Wildman–Crippen MR) is 71.4 cm³/mol. The summed E-state index contributed by atoms with van der Waals surface area (Å²) in [6.45, 7) is 8.93. The molecule has 1 aliphatic carbocycles. The minimum Gasteiger partial charge on any atom is -0.312 e. The van der Waals surface area contributed by atoms with Crippen molar-refractivity contribution in [3.63, 3.8) is 0 Å². The van der Waals surface area contributed by atoms with Gasteiger partial charge in [-0.2, -0.15) is 0 Å². The number of rotatable bonds is 2.